The van der Waals surface area contributed by atoms with Gasteiger partial charge in [0.15, 0.2) is 0 Å². The van der Waals surface area contributed by atoms with Crippen molar-refractivity contribution in [2.45, 2.75) is 33.4 Å². The lowest BCUT2D eigenvalue weighted by atomic mass is 10.00. The van der Waals surface area contributed by atoms with Crippen molar-refractivity contribution >= 4 is 11.8 Å². The van der Waals surface area contributed by atoms with E-state index in [2.05, 4.69) is 22.5 Å². The van der Waals surface area contributed by atoms with Gasteiger partial charge in [-0.2, -0.15) is 5.10 Å². The smallest absolute Gasteiger partial charge is 0.269 e. The number of aromatic nitrogens is 2. The van der Waals surface area contributed by atoms with Crippen molar-refractivity contribution < 1.29 is 9.59 Å². The van der Waals surface area contributed by atoms with Gasteiger partial charge in [0, 0.05) is 19.6 Å². The molecule has 0 saturated carbocycles. The third-order valence-electron chi connectivity index (χ3n) is 4.32. The van der Waals surface area contributed by atoms with Crippen LogP contribution in [-0.2, 0) is 24.3 Å². The molecule has 1 aliphatic heterocycles. The summed E-state index contributed by atoms with van der Waals surface area (Å²) >= 11 is 0. The Morgan fingerprint density at radius 3 is 2.75 bits per heavy atom. The molecule has 0 atom stereocenters. The number of nitrogens with one attached hydrogen (secondary N) is 1. The molecular formula is C18H22N4O2. The molecule has 1 aromatic carbocycles. The Morgan fingerprint density at radius 2 is 2.00 bits per heavy atom. The van der Waals surface area contributed by atoms with E-state index < -0.39 is 0 Å². The number of hydrogen-bond acceptors (Lipinski definition) is 3. The first-order valence-electron chi connectivity index (χ1n) is 8.25. The van der Waals surface area contributed by atoms with Gasteiger partial charge < -0.3 is 10.2 Å². The van der Waals surface area contributed by atoms with Crippen molar-refractivity contribution in [3.63, 3.8) is 0 Å². The first-order chi connectivity index (χ1) is 11.6. The van der Waals surface area contributed by atoms with E-state index in [0.717, 1.165) is 12.1 Å². The normalized spacial score (nSPS) is 13.5. The van der Waals surface area contributed by atoms with Crippen LogP contribution in [-0.4, -0.2) is 39.6 Å². The van der Waals surface area contributed by atoms with Crippen molar-refractivity contribution in [1.29, 1.82) is 0 Å². The SMILES string of the molecule is CCn1nc(C)cc1C(=O)NCC(=O)N1CCc2ccccc2C1. The van der Waals surface area contributed by atoms with E-state index in [1.54, 1.807) is 15.6 Å². The first-order valence-corrected chi connectivity index (χ1v) is 8.25. The molecule has 2 aromatic rings. The standard InChI is InChI=1S/C18H22N4O2/c1-3-22-16(10-13(2)20-22)18(24)19-11-17(23)21-9-8-14-6-4-5-7-15(14)12-21/h4-7,10H,3,8-9,11-12H2,1-2H3,(H,19,24). The molecule has 6 nitrogen and oxygen atoms in total. The molecule has 1 aliphatic rings. The van der Waals surface area contributed by atoms with Gasteiger partial charge in [-0.25, -0.2) is 0 Å². The Morgan fingerprint density at radius 1 is 1.25 bits per heavy atom. The zero-order chi connectivity index (χ0) is 17.1. The predicted molar refractivity (Wildman–Crippen MR) is 90.5 cm³/mol. The maximum atomic E-state index is 12.4. The zero-order valence-electron chi connectivity index (χ0n) is 14.1. The Kier molecular flexibility index (Phi) is 4.64. The summed E-state index contributed by atoms with van der Waals surface area (Å²) in [5.74, 6) is -0.319. The Balaban J connectivity index is 1.59. The number of carbonyl (C=O) groups excluding carboxylic acids is 2. The van der Waals surface area contributed by atoms with E-state index in [1.807, 2.05) is 26.0 Å². The van der Waals surface area contributed by atoms with Crippen LogP contribution in [0.1, 0.15) is 34.2 Å². The average molecular weight is 326 g/mol. The second-order valence-corrected chi connectivity index (χ2v) is 6.00. The minimum atomic E-state index is -0.261. The number of amides is 2. The molecule has 3 rings (SSSR count). The number of benzene rings is 1. The Labute approximate surface area is 141 Å². The summed E-state index contributed by atoms with van der Waals surface area (Å²) in [6.07, 6.45) is 0.859. The fourth-order valence-corrected chi connectivity index (χ4v) is 3.04. The van der Waals surface area contributed by atoms with E-state index in [4.69, 9.17) is 0 Å². The van der Waals surface area contributed by atoms with Crippen LogP contribution in [0.3, 0.4) is 0 Å². The number of aryl methyl sites for hydroxylation is 2. The molecule has 1 aromatic heterocycles. The minimum absolute atomic E-state index is 0.00887. The largest absolute Gasteiger partial charge is 0.342 e. The fourth-order valence-electron chi connectivity index (χ4n) is 3.04. The third-order valence-corrected chi connectivity index (χ3v) is 4.32. The van der Waals surface area contributed by atoms with Crippen LogP contribution in [0.4, 0.5) is 0 Å². The van der Waals surface area contributed by atoms with Gasteiger partial charge in [0.1, 0.15) is 5.69 Å². The fraction of sp³-hybridized carbons (Fsp3) is 0.389. The quantitative estimate of drug-likeness (QED) is 0.926. The molecule has 0 bridgehead atoms. The van der Waals surface area contributed by atoms with Crippen LogP contribution in [0, 0.1) is 6.92 Å². The molecule has 126 valence electrons. The number of nitrogens with zero attached hydrogens (tertiary/aromatic N) is 3. The molecule has 1 N–H and O–H groups in total. The zero-order valence-corrected chi connectivity index (χ0v) is 14.1. The second-order valence-electron chi connectivity index (χ2n) is 6.00. The van der Waals surface area contributed by atoms with E-state index in [9.17, 15) is 9.59 Å². The van der Waals surface area contributed by atoms with E-state index in [1.165, 1.54) is 11.1 Å². The van der Waals surface area contributed by atoms with Gasteiger partial charge in [-0.15, -0.1) is 0 Å². The highest BCUT2D eigenvalue weighted by Gasteiger charge is 2.21. The maximum absolute atomic E-state index is 12.4. The van der Waals surface area contributed by atoms with E-state index >= 15 is 0 Å². The molecule has 2 amide bonds. The van der Waals surface area contributed by atoms with Gasteiger partial charge in [-0.3, -0.25) is 14.3 Å². The van der Waals surface area contributed by atoms with Crippen molar-refractivity contribution in [1.82, 2.24) is 20.0 Å². The number of carbonyl (C=O) groups is 2. The second kappa shape index (κ2) is 6.86. The summed E-state index contributed by atoms with van der Waals surface area (Å²) in [4.78, 5) is 26.5. The van der Waals surface area contributed by atoms with Gasteiger partial charge in [-0.05, 0) is 37.5 Å². The molecule has 24 heavy (non-hydrogen) atoms. The Bertz CT molecular complexity index is 766. The van der Waals surface area contributed by atoms with Crippen LogP contribution >= 0.6 is 0 Å². The maximum Gasteiger partial charge on any atom is 0.269 e. The number of hydrogen-bond donors (Lipinski definition) is 1. The molecule has 0 spiro atoms. The van der Waals surface area contributed by atoms with Gasteiger partial charge in [0.25, 0.3) is 5.91 Å². The van der Waals surface area contributed by atoms with Crippen molar-refractivity contribution in [3.05, 3.63) is 52.8 Å². The summed E-state index contributed by atoms with van der Waals surface area (Å²) in [5, 5.41) is 6.97. The highest BCUT2D eigenvalue weighted by molar-refractivity contribution is 5.95. The molecule has 0 aliphatic carbocycles. The topological polar surface area (TPSA) is 67.2 Å². The summed E-state index contributed by atoms with van der Waals surface area (Å²) < 4.78 is 1.65. The van der Waals surface area contributed by atoms with Crippen LogP contribution in [0.15, 0.2) is 30.3 Å². The third kappa shape index (κ3) is 3.32. The van der Waals surface area contributed by atoms with Crippen molar-refractivity contribution in [2.75, 3.05) is 13.1 Å². The van der Waals surface area contributed by atoms with Gasteiger partial charge in [0.2, 0.25) is 5.91 Å². The van der Waals surface area contributed by atoms with E-state index in [-0.39, 0.29) is 18.4 Å². The molecular weight excluding hydrogens is 304 g/mol. The highest BCUT2D eigenvalue weighted by Crippen LogP contribution is 2.18. The predicted octanol–water partition coefficient (Wildman–Crippen LogP) is 1.53. The molecule has 0 fully saturated rings. The van der Waals surface area contributed by atoms with Crippen LogP contribution in [0.2, 0.25) is 0 Å². The number of rotatable bonds is 4. The molecule has 0 saturated heterocycles. The molecule has 6 heteroatoms. The molecule has 0 radical (unpaired) electrons. The van der Waals surface area contributed by atoms with Gasteiger partial charge in [0.05, 0.1) is 12.2 Å². The highest BCUT2D eigenvalue weighted by atomic mass is 16.2. The summed E-state index contributed by atoms with van der Waals surface area (Å²) in [5.41, 5.74) is 3.77. The lowest BCUT2D eigenvalue weighted by molar-refractivity contribution is -0.131. The average Bonchev–Trinajstić information content (AvgIpc) is 3.00. The monoisotopic (exact) mass is 326 g/mol. The minimum Gasteiger partial charge on any atom is -0.342 e. The summed E-state index contributed by atoms with van der Waals surface area (Å²) in [7, 11) is 0. The lowest BCUT2D eigenvalue weighted by Gasteiger charge is -2.29. The van der Waals surface area contributed by atoms with Gasteiger partial charge in [-0.1, -0.05) is 24.3 Å². The van der Waals surface area contributed by atoms with Crippen LogP contribution < -0.4 is 5.32 Å². The van der Waals surface area contributed by atoms with Gasteiger partial charge >= 0.3 is 0 Å². The van der Waals surface area contributed by atoms with Crippen LogP contribution in [0.25, 0.3) is 0 Å². The van der Waals surface area contributed by atoms with Crippen LogP contribution in [0.5, 0.6) is 0 Å². The van der Waals surface area contributed by atoms with E-state index in [0.29, 0.717) is 25.3 Å². The molecule has 2 heterocycles. The number of fused-ring (bicyclic) bond motifs is 1. The molecule has 0 unspecified atom stereocenters. The van der Waals surface area contributed by atoms with Crippen molar-refractivity contribution in [2.24, 2.45) is 0 Å². The Hall–Kier alpha value is -2.63. The van der Waals surface area contributed by atoms with Crippen molar-refractivity contribution in [3.8, 4) is 0 Å². The lowest BCUT2D eigenvalue weighted by Crippen LogP contribution is -2.42. The summed E-state index contributed by atoms with van der Waals surface area (Å²) in [6.45, 7) is 5.70. The summed E-state index contributed by atoms with van der Waals surface area (Å²) in [6, 6.07) is 9.90. The first kappa shape index (κ1) is 16.2.